The molecule has 0 spiro atoms. The normalized spacial score (nSPS) is 13.8. The first-order chi connectivity index (χ1) is 69.2. The molecule has 0 atom stereocenters. The third kappa shape index (κ3) is 37.0. The summed E-state index contributed by atoms with van der Waals surface area (Å²) < 4.78 is 141. The zero-order valence-electron chi connectivity index (χ0n) is 85.5. The van der Waals surface area contributed by atoms with Gasteiger partial charge < -0.3 is 48.9 Å². The van der Waals surface area contributed by atoms with Gasteiger partial charge in [0.15, 0.2) is 49.8 Å². The minimum Gasteiger partial charge on any atom is -0.497 e. The highest BCUT2D eigenvalue weighted by molar-refractivity contribution is 7.90. The van der Waals surface area contributed by atoms with Gasteiger partial charge in [-0.05, 0) is 276 Å². The van der Waals surface area contributed by atoms with Gasteiger partial charge in [0.1, 0.15) is 66.6 Å². The maximum atomic E-state index is 13.5. The summed E-state index contributed by atoms with van der Waals surface area (Å²) >= 11 is 0. The summed E-state index contributed by atoms with van der Waals surface area (Å²) in [7, 11) is -1.82. The van der Waals surface area contributed by atoms with Gasteiger partial charge in [-0.15, -0.1) is 30.6 Å². The zero-order chi connectivity index (χ0) is 108. The van der Waals surface area contributed by atoms with Crippen LogP contribution in [0.2, 0.25) is 0 Å². The minimum atomic E-state index is -4.68. The number of anilines is 2. The van der Waals surface area contributed by atoms with Gasteiger partial charge in [-0.3, -0.25) is 9.59 Å². The van der Waals surface area contributed by atoms with E-state index in [1.165, 1.54) is 159 Å². The van der Waals surface area contributed by atoms with Gasteiger partial charge in [-0.2, -0.15) is 13.2 Å². The summed E-state index contributed by atoms with van der Waals surface area (Å²) in [5.41, 5.74) is 7.34. The number of likely N-dealkylation sites (tertiary alicyclic amines) is 2. The van der Waals surface area contributed by atoms with Crippen LogP contribution in [0.3, 0.4) is 0 Å². The van der Waals surface area contributed by atoms with Crippen LogP contribution in [-0.2, 0) is 63.7 Å². The number of nitrogens with zero attached hydrogens (tertiary/aromatic N) is 21. The molecule has 147 heavy (non-hydrogen) atoms. The number of alkyl halides is 5. The Balaban J connectivity index is 0.000000181. The number of nitrogens with one attached hydrogen (secondary N) is 2. The molecule has 12 aromatic rings. The molecule has 2 N–H and O–H groups in total. The number of esters is 4. The molecule has 0 unspecified atom stereocenters. The lowest BCUT2D eigenvalue weighted by Crippen LogP contribution is -2.58. The summed E-state index contributed by atoms with van der Waals surface area (Å²) in [5.74, 6) is 0.622. The van der Waals surface area contributed by atoms with Crippen molar-refractivity contribution in [1.82, 2.24) is 103 Å². The van der Waals surface area contributed by atoms with Gasteiger partial charge in [-0.1, -0.05) is 0 Å². The molecule has 3 fully saturated rings. The number of amides is 2. The number of pyridine rings is 1. The van der Waals surface area contributed by atoms with Gasteiger partial charge in [-0.25, -0.2) is 104 Å². The maximum absolute atomic E-state index is 13.5. The van der Waals surface area contributed by atoms with E-state index >= 15 is 0 Å². The third-order valence-corrected chi connectivity index (χ3v) is 21.2. The Morgan fingerprint density at radius 3 is 1.05 bits per heavy atom. The Morgan fingerprint density at radius 1 is 0.415 bits per heavy atom. The second-order valence-corrected chi connectivity index (χ2v) is 38.8. The van der Waals surface area contributed by atoms with E-state index in [0.29, 0.717) is 58.5 Å². The summed E-state index contributed by atoms with van der Waals surface area (Å²) in [6.07, 6.45) is 24.7. The van der Waals surface area contributed by atoms with Gasteiger partial charge in [0, 0.05) is 142 Å². The highest BCUT2D eigenvalue weighted by Crippen LogP contribution is 2.35. The Bertz CT molecular complexity index is 6880. The lowest BCUT2D eigenvalue weighted by molar-refractivity contribution is -0.142. The molecule has 780 valence electrons. The zero-order valence-corrected chi connectivity index (χ0v) is 86.3. The number of aromatic nitrogens is 19. The minimum absolute atomic E-state index is 0.0371. The van der Waals surface area contributed by atoms with E-state index in [4.69, 9.17) is 28.4 Å². The SMILES string of the molecule is CC(C)OC(=O)/C=C\n1cnc(-c2cc(F)cc(C(F)(F)F)c2)n1.COc1cc(C)cc(-c2ncn(/C=C\C(=O)N3CC(C)(F)C3)n2)c1.Cc1cc(-c2ncn(/C=C\C(=O)OC(C)C)n2)cc(S(C)(=O)=O)n1.Cc1cc(NC(C)C)cc(-c2ncn(/C=C\C(=O)OC(C)C)n2)c1.Cc1cc(NC2CCC2)cc(-c2ncn(/C=C\C(=O)OC(C)C)n2)c1.Cc1cc(OC(C)C)cc(-c2ncn(/C=C\C(=O)N3CC(C)(F)C3)n2)c1. The molecule has 0 radical (unpaired) electrons. The standard InChI is InChI=1S/C19H23FN4O2.C19H24N4O2.C18H24N4O2.C17H19FN4O2.C15H13F4N3O2.C15H18N4O4S/c1-13(2)26-16-8-14(3)7-15(9-16)18-21-12-24(22-18)6-5-17(25)23-10-19(4,20)11-23;1-13(2)25-18(24)7-8-23-12-20-19(22-23)15-9-14(3)10-17(11-15)21-16-5-4-6-16;1-12(2)20-16-9-14(5)8-15(10-16)18-19-11-22(21-18)7-6-17(23)24-13(3)4;1-12-6-13(8-14(7-12)24-3)16-19-11-22(20-16)5-4-15(23)21-9-17(2,18)10-21;1-9(2)24-13(23)3-4-22-8-20-14(21-22)10-5-11(15(17,18)19)7-12(16)6-10;1-10(2)23-14(20)5-6-19-9-16-15(18-19)12-7-11(3)17-13(8-12)24(4,21)22/h5-9,12-13H,10-11H2,1-4H3;7-13,16,21H,4-6H2,1-3H3;6-13,20H,1-5H3;4-8,11H,9-10H2,1-3H3;3-9H,1-2H3;5-10H,1-4H3/b6-5-;8-7-;7-6-;5-4-;4-3-;6-5-. The fourth-order valence-electron chi connectivity index (χ4n) is 14.0. The van der Waals surface area contributed by atoms with E-state index in [1.54, 1.807) is 80.5 Å². The second-order valence-electron chi connectivity index (χ2n) is 36.9. The van der Waals surface area contributed by atoms with Crippen molar-refractivity contribution in [1.29, 1.82) is 0 Å². The van der Waals surface area contributed by atoms with Crippen molar-refractivity contribution in [3.63, 3.8) is 0 Å². The molecule has 7 aromatic heterocycles. The predicted molar refractivity (Wildman–Crippen MR) is 544 cm³/mol. The molecule has 44 heteroatoms. The number of hydrogen-bond acceptors (Lipinski definition) is 29. The van der Waals surface area contributed by atoms with Crippen molar-refractivity contribution >= 4 is 94.1 Å². The molecular weight excluding hydrogens is 1930 g/mol. The molecule has 37 nitrogen and oxygen atoms in total. The van der Waals surface area contributed by atoms with E-state index in [2.05, 4.69) is 121 Å². The molecule has 1 saturated carbocycles. The molecule has 15 rings (SSSR count). The van der Waals surface area contributed by atoms with Crippen molar-refractivity contribution in [2.24, 2.45) is 0 Å². The Hall–Kier alpha value is -15.9. The van der Waals surface area contributed by atoms with Crippen molar-refractivity contribution in [3.05, 3.63) is 217 Å². The molecule has 2 saturated heterocycles. The highest BCUT2D eigenvalue weighted by Gasteiger charge is 2.42. The second kappa shape index (κ2) is 51.0. The number of carbonyl (C=O) groups excluding carboxylic acids is 6. The monoisotopic (exact) mass is 2050 g/mol. The van der Waals surface area contributed by atoms with Crippen LogP contribution < -0.4 is 20.1 Å². The number of hydrogen-bond donors (Lipinski definition) is 2. The predicted octanol–water partition coefficient (Wildman–Crippen LogP) is 17.5. The number of aryl methyl sites for hydroxylation is 5. The lowest BCUT2D eigenvalue weighted by atomic mass is 9.93. The average Bonchev–Trinajstić information content (AvgIpc) is 1.65. The molecule has 2 aliphatic heterocycles. The fourth-order valence-corrected chi connectivity index (χ4v) is 14.6. The Kier molecular flexibility index (Phi) is 39.2. The van der Waals surface area contributed by atoms with Crippen molar-refractivity contribution in [2.75, 3.05) is 50.2 Å². The van der Waals surface area contributed by atoms with Crippen LogP contribution in [0.15, 0.2) is 183 Å². The molecule has 0 bridgehead atoms. The summed E-state index contributed by atoms with van der Waals surface area (Å²) in [6.45, 7) is 35.5. The van der Waals surface area contributed by atoms with Crippen LogP contribution in [0.5, 0.6) is 11.5 Å². The smallest absolute Gasteiger partial charge is 0.416 e. The highest BCUT2D eigenvalue weighted by atomic mass is 32.2. The Morgan fingerprint density at radius 2 is 0.735 bits per heavy atom. The quantitative estimate of drug-likeness (QED) is 0.0183. The average molecular weight is 2050 g/mol. The van der Waals surface area contributed by atoms with Gasteiger partial charge in [0.05, 0.1) is 69.4 Å². The van der Waals surface area contributed by atoms with Crippen LogP contribution in [0.1, 0.15) is 150 Å². The number of carbonyl (C=O) groups is 6. The van der Waals surface area contributed by atoms with Gasteiger partial charge in [0.2, 0.25) is 11.8 Å². The number of sulfone groups is 1. The summed E-state index contributed by atoms with van der Waals surface area (Å²) in [6, 6.07) is 30.0. The molecule has 3 aliphatic rings. The van der Waals surface area contributed by atoms with Crippen LogP contribution in [-0.4, -0.2) is 241 Å². The molecule has 5 aromatic carbocycles. The summed E-state index contributed by atoms with van der Waals surface area (Å²) in [5, 5.41) is 32.4. The first-order valence-corrected chi connectivity index (χ1v) is 48.7. The third-order valence-electron chi connectivity index (χ3n) is 20.2. The number of halogens is 6. The number of ether oxygens (including phenoxy) is 6. The Labute approximate surface area is 847 Å². The topological polar surface area (TPSA) is 420 Å². The fraction of sp³-hybridized carbons (Fsp3) is 0.369. The molecule has 2 amide bonds. The van der Waals surface area contributed by atoms with Crippen LogP contribution in [0, 0.1) is 40.4 Å². The van der Waals surface area contributed by atoms with Crippen LogP contribution in [0.4, 0.5) is 37.7 Å². The lowest BCUT2D eigenvalue weighted by Gasteiger charge is -2.41. The number of benzene rings is 5. The van der Waals surface area contributed by atoms with E-state index in [-0.39, 0.29) is 84.9 Å². The van der Waals surface area contributed by atoms with Crippen molar-refractivity contribution in [2.45, 2.75) is 216 Å². The van der Waals surface area contributed by atoms with Crippen LogP contribution >= 0.6 is 0 Å². The van der Waals surface area contributed by atoms with Crippen molar-refractivity contribution in [3.8, 4) is 79.8 Å². The maximum Gasteiger partial charge on any atom is 0.416 e. The van der Waals surface area contributed by atoms with E-state index < -0.39 is 62.6 Å². The molecule has 1 aliphatic carbocycles. The molecule has 9 heterocycles. The van der Waals surface area contributed by atoms with Crippen LogP contribution in [0.25, 0.3) is 106 Å². The number of methoxy groups -OCH3 is 1. The first-order valence-electron chi connectivity index (χ1n) is 46.8. The van der Waals surface area contributed by atoms with Gasteiger partial charge in [0.25, 0.3) is 0 Å². The van der Waals surface area contributed by atoms with E-state index in [0.717, 1.165) is 96.5 Å². The summed E-state index contributed by atoms with van der Waals surface area (Å²) in [4.78, 5) is 102. The van der Waals surface area contributed by atoms with Gasteiger partial charge >= 0.3 is 30.1 Å². The largest absolute Gasteiger partial charge is 0.497 e. The molecular formula is C103H121F6N23O14S. The van der Waals surface area contributed by atoms with E-state index in [1.807, 2.05) is 97.0 Å². The van der Waals surface area contributed by atoms with Crippen molar-refractivity contribution < 1.29 is 91.9 Å². The van der Waals surface area contributed by atoms with E-state index in [9.17, 15) is 63.5 Å². The first kappa shape index (κ1) is 113. The number of rotatable bonds is 30.